The molecule has 1 aliphatic heterocycles. The lowest BCUT2D eigenvalue weighted by Gasteiger charge is -2.38. The summed E-state index contributed by atoms with van der Waals surface area (Å²) in [5.74, 6) is 0.247. The van der Waals surface area contributed by atoms with Gasteiger partial charge in [0.15, 0.2) is 0 Å². The molecule has 0 aliphatic carbocycles. The normalized spacial score (nSPS) is 25.9. The van der Waals surface area contributed by atoms with Crippen LogP contribution in [-0.2, 0) is 4.79 Å². The summed E-state index contributed by atoms with van der Waals surface area (Å²) in [5.41, 5.74) is 5.04. The number of primary amides is 1. The van der Waals surface area contributed by atoms with Crippen molar-refractivity contribution < 1.29 is 4.79 Å². The molecule has 0 spiro atoms. The summed E-state index contributed by atoms with van der Waals surface area (Å²) < 4.78 is 0. The summed E-state index contributed by atoms with van der Waals surface area (Å²) in [4.78, 5) is 13.5. The molecule has 1 amide bonds. The molecule has 0 aromatic carbocycles. The Bertz CT molecular complexity index is 201. The van der Waals surface area contributed by atoms with E-state index >= 15 is 0 Å². The van der Waals surface area contributed by atoms with E-state index in [1.165, 1.54) is 6.42 Å². The highest BCUT2D eigenvalue weighted by atomic mass is 16.1. The average Bonchev–Trinajstić information content (AvgIpc) is 2.04. The van der Waals surface area contributed by atoms with Crippen molar-refractivity contribution in [2.24, 2.45) is 17.1 Å². The maximum atomic E-state index is 11.2. The molecule has 76 valence electrons. The Morgan fingerprint density at radius 1 is 1.54 bits per heavy atom. The second-order valence-corrected chi connectivity index (χ2v) is 4.69. The number of nitrogens with two attached hydrogens (primary N) is 1. The molecular weight excluding hydrogens is 164 g/mol. The standard InChI is InChI=1S/C10H20N2O/c1-10(2,9(11)13)8-5-4-6-12(3)7-8/h8H,4-7H2,1-3H3,(H2,11,13). The van der Waals surface area contributed by atoms with Crippen LogP contribution in [0.15, 0.2) is 0 Å². The van der Waals surface area contributed by atoms with Gasteiger partial charge < -0.3 is 10.6 Å². The molecule has 13 heavy (non-hydrogen) atoms. The molecule has 0 aromatic rings. The highest BCUT2D eigenvalue weighted by Gasteiger charge is 2.36. The number of rotatable bonds is 2. The van der Waals surface area contributed by atoms with Crippen molar-refractivity contribution in [2.45, 2.75) is 26.7 Å². The highest BCUT2D eigenvalue weighted by Crippen LogP contribution is 2.32. The monoisotopic (exact) mass is 184 g/mol. The number of nitrogens with zero attached hydrogens (tertiary/aromatic N) is 1. The lowest BCUT2D eigenvalue weighted by molar-refractivity contribution is -0.129. The van der Waals surface area contributed by atoms with Crippen molar-refractivity contribution in [1.29, 1.82) is 0 Å². The third kappa shape index (κ3) is 2.21. The van der Waals surface area contributed by atoms with Crippen molar-refractivity contribution >= 4 is 5.91 Å². The van der Waals surface area contributed by atoms with Crippen LogP contribution >= 0.6 is 0 Å². The number of piperidine rings is 1. The van der Waals surface area contributed by atoms with Crippen LogP contribution in [0.5, 0.6) is 0 Å². The molecule has 0 aromatic heterocycles. The van der Waals surface area contributed by atoms with Gasteiger partial charge in [-0.3, -0.25) is 4.79 Å². The molecule has 3 nitrogen and oxygen atoms in total. The molecule has 0 saturated carbocycles. The number of likely N-dealkylation sites (tertiary alicyclic amines) is 1. The first-order valence-corrected chi connectivity index (χ1v) is 4.93. The van der Waals surface area contributed by atoms with E-state index in [1.807, 2.05) is 13.8 Å². The smallest absolute Gasteiger partial charge is 0.223 e. The van der Waals surface area contributed by atoms with Crippen LogP contribution < -0.4 is 5.73 Å². The summed E-state index contributed by atoms with van der Waals surface area (Å²) >= 11 is 0. The predicted octanol–water partition coefficient (Wildman–Crippen LogP) is 0.840. The Balaban J connectivity index is 2.64. The Kier molecular flexibility index (Phi) is 2.96. The van der Waals surface area contributed by atoms with Crippen LogP contribution in [-0.4, -0.2) is 30.9 Å². The number of amides is 1. The lowest BCUT2D eigenvalue weighted by atomic mass is 9.74. The van der Waals surface area contributed by atoms with Gasteiger partial charge in [0.2, 0.25) is 5.91 Å². The molecule has 1 unspecified atom stereocenters. The van der Waals surface area contributed by atoms with Gasteiger partial charge in [-0.2, -0.15) is 0 Å². The second kappa shape index (κ2) is 3.66. The van der Waals surface area contributed by atoms with Crippen molar-refractivity contribution in [3.05, 3.63) is 0 Å². The molecule has 1 fully saturated rings. The van der Waals surface area contributed by atoms with Gasteiger partial charge in [0.1, 0.15) is 0 Å². The van der Waals surface area contributed by atoms with Crippen LogP contribution in [0.25, 0.3) is 0 Å². The first-order valence-electron chi connectivity index (χ1n) is 4.93. The van der Waals surface area contributed by atoms with Gasteiger partial charge in [-0.1, -0.05) is 13.8 Å². The zero-order valence-electron chi connectivity index (χ0n) is 8.84. The number of carbonyl (C=O) groups is 1. The van der Waals surface area contributed by atoms with Gasteiger partial charge in [-0.15, -0.1) is 0 Å². The average molecular weight is 184 g/mol. The minimum Gasteiger partial charge on any atom is -0.369 e. The molecule has 2 N–H and O–H groups in total. The fraction of sp³-hybridized carbons (Fsp3) is 0.900. The maximum absolute atomic E-state index is 11.2. The third-order valence-corrected chi connectivity index (χ3v) is 3.28. The second-order valence-electron chi connectivity index (χ2n) is 4.69. The molecule has 1 aliphatic rings. The van der Waals surface area contributed by atoms with E-state index in [0.29, 0.717) is 5.92 Å². The predicted molar refractivity (Wildman–Crippen MR) is 53.2 cm³/mol. The van der Waals surface area contributed by atoms with E-state index in [-0.39, 0.29) is 11.3 Å². The van der Waals surface area contributed by atoms with Crippen LogP contribution in [0.4, 0.5) is 0 Å². The van der Waals surface area contributed by atoms with Crippen molar-refractivity contribution in [3.8, 4) is 0 Å². The molecule has 1 saturated heterocycles. The lowest BCUT2D eigenvalue weighted by Crippen LogP contribution is -2.45. The SMILES string of the molecule is CN1CCCC(C(C)(C)C(N)=O)C1. The van der Waals surface area contributed by atoms with Crippen LogP contribution in [0.3, 0.4) is 0 Å². The van der Waals surface area contributed by atoms with Gasteiger partial charge in [0.25, 0.3) is 0 Å². The zero-order chi connectivity index (χ0) is 10.1. The topological polar surface area (TPSA) is 46.3 Å². The van der Waals surface area contributed by atoms with E-state index in [2.05, 4.69) is 11.9 Å². The minimum absolute atomic E-state index is 0.173. The quantitative estimate of drug-likeness (QED) is 0.691. The number of hydrogen-bond acceptors (Lipinski definition) is 2. The van der Waals surface area contributed by atoms with E-state index in [0.717, 1.165) is 19.5 Å². The Morgan fingerprint density at radius 2 is 2.15 bits per heavy atom. The van der Waals surface area contributed by atoms with Crippen molar-refractivity contribution in [1.82, 2.24) is 4.90 Å². The zero-order valence-corrected chi connectivity index (χ0v) is 8.84. The van der Waals surface area contributed by atoms with E-state index in [1.54, 1.807) is 0 Å². The molecule has 0 bridgehead atoms. The van der Waals surface area contributed by atoms with Gasteiger partial charge in [0.05, 0.1) is 0 Å². The van der Waals surface area contributed by atoms with Crippen molar-refractivity contribution in [3.63, 3.8) is 0 Å². The van der Waals surface area contributed by atoms with Crippen LogP contribution in [0, 0.1) is 11.3 Å². The number of hydrogen-bond donors (Lipinski definition) is 1. The summed E-state index contributed by atoms with van der Waals surface area (Å²) in [7, 11) is 2.10. The minimum atomic E-state index is -0.352. The molecular formula is C10H20N2O. The Hall–Kier alpha value is -0.570. The number of carbonyl (C=O) groups excluding carboxylic acids is 1. The molecule has 1 rings (SSSR count). The Morgan fingerprint density at radius 3 is 2.62 bits per heavy atom. The summed E-state index contributed by atoms with van der Waals surface area (Å²) in [6, 6.07) is 0. The molecule has 1 atom stereocenters. The molecule has 3 heteroatoms. The van der Waals surface area contributed by atoms with Gasteiger partial charge in [-0.05, 0) is 32.4 Å². The first kappa shape index (κ1) is 10.5. The summed E-state index contributed by atoms with van der Waals surface area (Å²) in [6.07, 6.45) is 2.30. The fourth-order valence-electron chi connectivity index (χ4n) is 1.96. The third-order valence-electron chi connectivity index (χ3n) is 3.28. The summed E-state index contributed by atoms with van der Waals surface area (Å²) in [5, 5.41) is 0. The Labute approximate surface area is 80.3 Å². The van der Waals surface area contributed by atoms with E-state index in [4.69, 9.17) is 5.73 Å². The van der Waals surface area contributed by atoms with Crippen LogP contribution in [0.1, 0.15) is 26.7 Å². The van der Waals surface area contributed by atoms with Gasteiger partial charge in [0, 0.05) is 12.0 Å². The molecule has 1 heterocycles. The van der Waals surface area contributed by atoms with E-state index in [9.17, 15) is 4.79 Å². The van der Waals surface area contributed by atoms with Crippen LogP contribution in [0.2, 0.25) is 0 Å². The van der Waals surface area contributed by atoms with Gasteiger partial charge in [-0.25, -0.2) is 0 Å². The van der Waals surface area contributed by atoms with E-state index < -0.39 is 0 Å². The highest BCUT2D eigenvalue weighted by molar-refractivity contribution is 5.80. The van der Waals surface area contributed by atoms with Crippen molar-refractivity contribution in [2.75, 3.05) is 20.1 Å². The first-order chi connectivity index (χ1) is 5.94. The maximum Gasteiger partial charge on any atom is 0.223 e. The largest absolute Gasteiger partial charge is 0.369 e. The van der Waals surface area contributed by atoms with Gasteiger partial charge >= 0.3 is 0 Å². The summed E-state index contributed by atoms with van der Waals surface area (Å²) in [6.45, 7) is 6.06. The fourth-order valence-corrected chi connectivity index (χ4v) is 1.96. The molecule has 0 radical (unpaired) electrons.